The zero-order valence-corrected chi connectivity index (χ0v) is 15.5. The van der Waals surface area contributed by atoms with E-state index in [1.165, 1.54) is 7.11 Å². The third-order valence-electron chi connectivity index (χ3n) is 6.66. The number of aliphatic hydroxyl groups excluding tert-OH is 1. The molecule has 0 aromatic rings. The maximum Gasteiger partial charge on any atom is 0.308 e. The standard InChI is InChI=1S/C19H21N3O6/c1-21-10-4-9(19(26)27)17(21)11-3-8-16(13(7-23)22(11)12(10)6-20)14(24)5-15(28-2)18(8)25/h5,9-13,17,23H,3-4,7H2,1-2H3,(H,26,27)/t9-,10+,11+,12?,13+,17-/m1/s1. The number of rotatable bonds is 3. The van der Waals surface area contributed by atoms with Crippen LogP contribution in [-0.4, -0.2) is 88.5 Å². The molecule has 0 aromatic carbocycles. The number of allylic oxidation sites excluding steroid dienone is 2. The lowest BCUT2D eigenvalue weighted by Crippen LogP contribution is -2.69. The van der Waals surface area contributed by atoms with Gasteiger partial charge in [-0.2, -0.15) is 5.26 Å². The van der Waals surface area contributed by atoms with Crippen molar-refractivity contribution in [1.82, 2.24) is 9.80 Å². The van der Waals surface area contributed by atoms with Crippen LogP contribution in [0.4, 0.5) is 0 Å². The molecule has 1 aliphatic carbocycles. The van der Waals surface area contributed by atoms with Crippen LogP contribution in [0.25, 0.3) is 0 Å². The fourth-order valence-corrected chi connectivity index (χ4v) is 5.54. The van der Waals surface area contributed by atoms with Gasteiger partial charge in [-0.25, -0.2) is 0 Å². The van der Waals surface area contributed by atoms with Gasteiger partial charge in [-0.15, -0.1) is 0 Å². The van der Waals surface area contributed by atoms with Crippen LogP contribution in [0.2, 0.25) is 0 Å². The van der Waals surface area contributed by atoms with Crippen molar-refractivity contribution in [2.45, 2.75) is 43.1 Å². The van der Waals surface area contributed by atoms with Gasteiger partial charge in [-0.05, 0) is 19.9 Å². The predicted molar refractivity (Wildman–Crippen MR) is 93.7 cm³/mol. The fourth-order valence-electron chi connectivity index (χ4n) is 5.54. The molecule has 0 saturated carbocycles. The van der Waals surface area contributed by atoms with Crippen molar-refractivity contribution in [2.75, 3.05) is 20.8 Å². The van der Waals surface area contributed by atoms with Crippen molar-refractivity contribution < 1.29 is 29.3 Å². The number of aliphatic carboxylic acids is 1. The number of piperazine rings is 1. The molecule has 4 rings (SSSR count). The summed E-state index contributed by atoms with van der Waals surface area (Å²) in [4.78, 5) is 41.1. The van der Waals surface area contributed by atoms with Crippen LogP contribution < -0.4 is 0 Å². The van der Waals surface area contributed by atoms with Gasteiger partial charge >= 0.3 is 5.97 Å². The number of ether oxygens (including phenoxy) is 1. The van der Waals surface area contributed by atoms with E-state index < -0.39 is 54.2 Å². The van der Waals surface area contributed by atoms with Gasteiger partial charge in [-0.3, -0.25) is 24.2 Å². The number of ketones is 2. The molecule has 2 bridgehead atoms. The highest BCUT2D eigenvalue weighted by atomic mass is 16.5. The first-order valence-corrected chi connectivity index (χ1v) is 9.16. The van der Waals surface area contributed by atoms with E-state index in [-0.39, 0.29) is 29.4 Å². The van der Waals surface area contributed by atoms with Crippen LogP contribution in [-0.2, 0) is 19.1 Å². The molecule has 0 aromatic heterocycles. The van der Waals surface area contributed by atoms with Crippen molar-refractivity contribution in [3.8, 4) is 6.07 Å². The van der Waals surface area contributed by atoms with Gasteiger partial charge in [0.1, 0.15) is 6.04 Å². The number of carbonyl (C=O) groups is 3. The number of likely N-dealkylation sites (N-methyl/N-ethyl adjacent to an activating group) is 1. The van der Waals surface area contributed by atoms with Gasteiger partial charge in [0.2, 0.25) is 5.78 Å². The van der Waals surface area contributed by atoms with Gasteiger partial charge < -0.3 is 14.9 Å². The molecule has 6 atom stereocenters. The smallest absolute Gasteiger partial charge is 0.308 e. The second-order valence-corrected chi connectivity index (χ2v) is 7.69. The SMILES string of the molecule is COC1=CC(=O)C2=C(C[C@H]3[C@H]4[C@H](C(=O)O)C[C@@H](C(C#N)N3[C@H]2CO)N4C)C1=O. The van der Waals surface area contributed by atoms with Crippen molar-refractivity contribution >= 4 is 17.5 Å². The van der Waals surface area contributed by atoms with Crippen molar-refractivity contribution in [1.29, 1.82) is 5.26 Å². The van der Waals surface area contributed by atoms with Crippen LogP contribution >= 0.6 is 0 Å². The number of fused-ring (bicyclic) bond motifs is 4. The normalized spacial score (nSPS) is 37.9. The van der Waals surface area contributed by atoms with Crippen molar-refractivity contribution in [2.24, 2.45) is 5.92 Å². The summed E-state index contributed by atoms with van der Waals surface area (Å²) in [6.45, 7) is -0.441. The molecule has 1 unspecified atom stereocenters. The number of nitrogens with zero attached hydrogens (tertiary/aromatic N) is 3. The Morgan fingerprint density at radius 2 is 2.11 bits per heavy atom. The van der Waals surface area contributed by atoms with Gasteiger partial charge in [0.25, 0.3) is 0 Å². The van der Waals surface area contributed by atoms with E-state index in [4.69, 9.17) is 4.74 Å². The number of Topliss-reactive ketones (excluding diaryl/α,β-unsaturated/α-hetero) is 1. The van der Waals surface area contributed by atoms with E-state index in [2.05, 4.69) is 6.07 Å². The molecular weight excluding hydrogens is 366 g/mol. The topological polar surface area (TPSA) is 131 Å². The lowest BCUT2D eigenvalue weighted by Gasteiger charge is -2.54. The summed E-state index contributed by atoms with van der Waals surface area (Å²) in [6, 6.07) is -0.470. The number of carboxylic acids is 1. The summed E-state index contributed by atoms with van der Waals surface area (Å²) in [6.07, 6.45) is 1.57. The van der Waals surface area contributed by atoms with Gasteiger partial charge in [0.15, 0.2) is 11.5 Å². The number of carbonyl (C=O) groups excluding carboxylic acids is 2. The van der Waals surface area contributed by atoms with Crippen molar-refractivity contribution in [3.63, 3.8) is 0 Å². The summed E-state index contributed by atoms with van der Waals surface area (Å²) < 4.78 is 5.04. The van der Waals surface area contributed by atoms with E-state index in [1.807, 2.05) is 4.90 Å². The molecule has 9 nitrogen and oxygen atoms in total. The second-order valence-electron chi connectivity index (χ2n) is 7.69. The summed E-state index contributed by atoms with van der Waals surface area (Å²) in [5, 5.41) is 29.7. The third-order valence-corrected chi connectivity index (χ3v) is 6.66. The quantitative estimate of drug-likeness (QED) is 0.590. The zero-order chi connectivity index (χ0) is 20.3. The minimum absolute atomic E-state index is 0.0611. The number of carboxylic acid groups (broad SMARTS) is 1. The Morgan fingerprint density at radius 1 is 1.39 bits per heavy atom. The molecule has 2 N–H and O–H groups in total. The molecule has 28 heavy (non-hydrogen) atoms. The van der Waals surface area contributed by atoms with E-state index in [0.29, 0.717) is 6.42 Å². The zero-order valence-electron chi connectivity index (χ0n) is 15.5. The Labute approximate surface area is 161 Å². The van der Waals surface area contributed by atoms with Crippen molar-refractivity contribution in [3.05, 3.63) is 23.0 Å². The Morgan fingerprint density at radius 3 is 2.68 bits per heavy atom. The van der Waals surface area contributed by atoms with E-state index in [9.17, 15) is 29.9 Å². The fraction of sp³-hybridized carbons (Fsp3) is 0.579. The average molecular weight is 387 g/mol. The highest BCUT2D eigenvalue weighted by Gasteiger charge is 2.60. The molecule has 0 amide bonds. The maximum absolute atomic E-state index is 12.8. The van der Waals surface area contributed by atoms with Gasteiger partial charge in [-0.1, -0.05) is 0 Å². The molecule has 3 aliphatic heterocycles. The second kappa shape index (κ2) is 6.51. The summed E-state index contributed by atoms with van der Waals surface area (Å²) in [7, 11) is 3.11. The molecule has 0 radical (unpaired) electrons. The summed E-state index contributed by atoms with van der Waals surface area (Å²) in [5.74, 6) is -2.52. The number of aliphatic hydroxyl groups is 1. The first kappa shape index (κ1) is 18.8. The molecule has 9 heteroatoms. The molecule has 3 heterocycles. The lowest BCUT2D eigenvalue weighted by molar-refractivity contribution is -0.144. The number of nitriles is 1. The minimum atomic E-state index is -0.943. The van der Waals surface area contributed by atoms with Crippen LogP contribution in [0.15, 0.2) is 23.0 Å². The molecule has 2 saturated heterocycles. The summed E-state index contributed by atoms with van der Waals surface area (Å²) in [5.41, 5.74) is 0.449. The number of methoxy groups -OCH3 is 1. The Balaban J connectivity index is 1.86. The molecule has 148 valence electrons. The van der Waals surface area contributed by atoms with Crippen LogP contribution in [0.5, 0.6) is 0 Å². The maximum atomic E-state index is 12.8. The van der Waals surface area contributed by atoms with Crippen LogP contribution in [0.1, 0.15) is 12.8 Å². The molecular formula is C19H21N3O6. The molecule has 4 aliphatic rings. The first-order valence-electron chi connectivity index (χ1n) is 9.16. The average Bonchev–Trinajstić information content (AvgIpc) is 2.93. The lowest BCUT2D eigenvalue weighted by atomic mass is 9.76. The van der Waals surface area contributed by atoms with E-state index in [1.54, 1.807) is 11.9 Å². The number of hydrogen-bond donors (Lipinski definition) is 2. The minimum Gasteiger partial charge on any atom is -0.493 e. The highest BCUT2D eigenvalue weighted by Crippen LogP contribution is 2.47. The monoisotopic (exact) mass is 387 g/mol. The number of hydrogen-bond acceptors (Lipinski definition) is 8. The Kier molecular flexibility index (Phi) is 4.38. The van der Waals surface area contributed by atoms with E-state index in [0.717, 1.165) is 6.08 Å². The Hall–Kier alpha value is -2.54. The highest BCUT2D eigenvalue weighted by molar-refractivity contribution is 6.22. The third kappa shape index (κ3) is 2.32. The van der Waals surface area contributed by atoms with Gasteiger partial charge in [0, 0.05) is 35.3 Å². The first-order chi connectivity index (χ1) is 13.3. The summed E-state index contributed by atoms with van der Waals surface area (Å²) >= 11 is 0. The predicted octanol–water partition coefficient (Wildman–Crippen LogP) is -0.920. The largest absolute Gasteiger partial charge is 0.493 e. The molecule has 0 spiro atoms. The van der Waals surface area contributed by atoms with Crippen LogP contribution in [0.3, 0.4) is 0 Å². The van der Waals surface area contributed by atoms with Crippen LogP contribution in [0, 0.1) is 17.2 Å². The van der Waals surface area contributed by atoms with Gasteiger partial charge in [0.05, 0.1) is 31.7 Å². The van der Waals surface area contributed by atoms with E-state index >= 15 is 0 Å². The molecule has 2 fully saturated rings. The Bertz CT molecular complexity index is 871.